The normalized spacial score (nSPS) is 11.0. The van der Waals surface area contributed by atoms with E-state index in [-0.39, 0.29) is 17.9 Å². The third-order valence-electron chi connectivity index (χ3n) is 3.11. The van der Waals surface area contributed by atoms with E-state index in [4.69, 9.17) is 5.11 Å². The quantitative estimate of drug-likeness (QED) is 0.644. The van der Waals surface area contributed by atoms with Crippen LogP contribution in [0.1, 0.15) is 32.3 Å². The first-order valence-electron chi connectivity index (χ1n) is 7.16. The van der Waals surface area contributed by atoms with Crippen LogP contribution in [0.5, 0.6) is 0 Å². The highest BCUT2D eigenvalue weighted by Gasteiger charge is 2.19. The number of carboxylic acid groups (broad SMARTS) is 1. The van der Waals surface area contributed by atoms with E-state index in [0.717, 1.165) is 6.42 Å². The van der Waals surface area contributed by atoms with Gasteiger partial charge in [-0.15, -0.1) is 0 Å². The lowest BCUT2D eigenvalue weighted by atomic mass is 9.86. The van der Waals surface area contributed by atoms with Crippen LogP contribution in [0.2, 0.25) is 0 Å². The summed E-state index contributed by atoms with van der Waals surface area (Å²) in [6, 6.07) is 9.91. The van der Waals surface area contributed by atoms with Crippen LogP contribution >= 0.6 is 0 Å². The predicted octanol–water partition coefficient (Wildman–Crippen LogP) is 2.42. The first kappa shape index (κ1) is 17.0. The second-order valence-electron chi connectivity index (χ2n) is 5.93. The van der Waals surface area contributed by atoms with Crippen LogP contribution in [0.3, 0.4) is 0 Å². The molecule has 0 fully saturated rings. The molecule has 0 aliphatic heterocycles. The van der Waals surface area contributed by atoms with Crippen molar-refractivity contribution in [1.29, 1.82) is 0 Å². The topological polar surface area (TPSA) is 78.4 Å². The molecule has 1 rings (SSSR count). The fraction of sp³-hybridized carbons (Fsp3) is 0.500. The van der Waals surface area contributed by atoms with E-state index in [1.807, 2.05) is 18.2 Å². The summed E-state index contributed by atoms with van der Waals surface area (Å²) in [5, 5.41) is 14.0. The summed E-state index contributed by atoms with van der Waals surface area (Å²) in [7, 11) is 0. The summed E-state index contributed by atoms with van der Waals surface area (Å²) >= 11 is 0. The number of urea groups is 1. The van der Waals surface area contributed by atoms with Gasteiger partial charge in [-0.25, -0.2) is 4.79 Å². The van der Waals surface area contributed by atoms with Gasteiger partial charge in [0, 0.05) is 19.5 Å². The van der Waals surface area contributed by atoms with Crippen LogP contribution in [-0.2, 0) is 11.2 Å². The van der Waals surface area contributed by atoms with E-state index >= 15 is 0 Å². The van der Waals surface area contributed by atoms with Gasteiger partial charge in [-0.05, 0) is 23.8 Å². The summed E-state index contributed by atoms with van der Waals surface area (Å²) in [4.78, 5) is 22.0. The Morgan fingerprint density at radius 2 is 1.81 bits per heavy atom. The molecule has 0 saturated carbocycles. The Labute approximate surface area is 125 Å². The van der Waals surface area contributed by atoms with Gasteiger partial charge in [0.05, 0.1) is 0 Å². The fourth-order valence-electron chi connectivity index (χ4n) is 2.03. The minimum absolute atomic E-state index is 0.0419. The Morgan fingerprint density at radius 1 is 1.14 bits per heavy atom. The Kier molecular flexibility index (Phi) is 6.72. The number of aliphatic carboxylic acids is 1. The van der Waals surface area contributed by atoms with E-state index in [1.54, 1.807) is 0 Å². The standard InChI is InChI=1S/C16H24N2O3/c1-16(2,11-13-7-4-3-5-8-13)12-18-15(21)17-10-6-9-14(19)20/h3-5,7-8H,6,9-12H2,1-2H3,(H,19,20)(H2,17,18,21). The van der Waals surface area contributed by atoms with Crippen molar-refractivity contribution in [2.75, 3.05) is 13.1 Å². The zero-order chi connectivity index (χ0) is 15.7. The summed E-state index contributed by atoms with van der Waals surface area (Å²) in [6.45, 7) is 5.14. The van der Waals surface area contributed by atoms with Gasteiger partial charge in [-0.2, -0.15) is 0 Å². The lowest BCUT2D eigenvalue weighted by Gasteiger charge is -2.25. The minimum Gasteiger partial charge on any atom is -0.481 e. The number of carbonyl (C=O) groups excluding carboxylic acids is 1. The van der Waals surface area contributed by atoms with Crippen molar-refractivity contribution in [2.45, 2.75) is 33.1 Å². The molecule has 0 aliphatic rings. The van der Waals surface area contributed by atoms with Gasteiger partial charge in [0.15, 0.2) is 0 Å². The molecule has 0 atom stereocenters. The zero-order valence-corrected chi connectivity index (χ0v) is 12.7. The van der Waals surface area contributed by atoms with E-state index < -0.39 is 5.97 Å². The maximum absolute atomic E-state index is 11.6. The summed E-state index contributed by atoms with van der Waals surface area (Å²) in [6.07, 6.45) is 1.39. The highest BCUT2D eigenvalue weighted by Crippen LogP contribution is 2.20. The molecule has 0 saturated heterocycles. The van der Waals surface area contributed by atoms with Crippen molar-refractivity contribution in [3.63, 3.8) is 0 Å². The SMILES string of the molecule is CC(C)(CNC(=O)NCCCC(=O)O)Cc1ccccc1. The highest BCUT2D eigenvalue weighted by molar-refractivity contribution is 5.74. The number of carbonyl (C=O) groups is 2. The molecule has 0 unspecified atom stereocenters. The molecule has 0 bridgehead atoms. The van der Waals surface area contributed by atoms with E-state index in [2.05, 4.69) is 36.6 Å². The number of nitrogens with one attached hydrogen (secondary N) is 2. The number of rotatable bonds is 8. The number of carboxylic acids is 1. The molecular formula is C16H24N2O3. The molecule has 3 N–H and O–H groups in total. The van der Waals surface area contributed by atoms with Crippen molar-refractivity contribution in [3.8, 4) is 0 Å². The molecule has 5 nitrogen and oxygen atoms in total. The molecule has 0 aliphatic carbocycles. The molecule has 1 aromatic rings. The predicted molar refractivity (Wildman–Crippen MR) is 82.2 cm³/mol. The molecule has 2 amide bonds. The van der Waals surface area contributed by atoms with Gasteiger partial charge < -0.3 is 15.7 Å². The van der Waals surface area contributed by atoms with Crippen molar-refractivity contribution in [1.82, 2.24) is 10.6 Å². The first-order valence-corrected chi connectivity index (χ1v) is 7.16. The van der Waals surface area contributed by atoms with Gasteiger partial charge in [-0.3, -0.25) is 4.79 Å². The second kappa shape index (κ2) is 8.29. The number of hydrogen-bond donors (Lipinski definition) is 3. The summed E-state index contributed by atoms with van der Waals surface area (Å²) in [5.74, 6) is -0.846. The van der Waals surface area contributed by atoms with Crippen LogP contribution in [-0.4, -0.2) is 30.2 Å². The Balaban J connectivity index is 2.26. The molecule has 116 valence electrons. The fourth-order valence-corrected chi connectivity index (χ4v) is 2.03. The Morgan fingerprint density at radius 3 is 2.43 bits per heavy atom. The van der Waals surface area contributed by atoms with Crippen molar-refractivity contribution in [3.05, 3.63) is 35.9 Å². The number of hydrogen-bond acceptors (Lipinski definition) is 2. The monoisotopic (exact) mass is 292 g/mol. The van der Waals surface area contributed by atoms with Crippen LogP contribution in [0.4, 0.5) is 4.79 Å². The second-order valence-corrected chi connectivity index (χ2v) is 5.93. The largest absolute Gasteiger partial charge is 0.481 e. The van der Waals surface area contributed by atoms with Gasteiger partial charge >= 0.3 is 12.0 Å². The zero-order valence-electron chi connectivity index (χ0n) is 12.7. The smallest absolute Gasteiger partial charge is 0.314 e. The average molecular weight is 292 g/mol. The molecule has 0 heterocycles. The van der Waals surface area contributed by atoms with Gasteiger partial charge in [0.1, 0.15) is 0 Å². The number of benzene rings is 1. The van der Waals surface area contributed by atoms with Gasteiger partial charge in [-0.1, -0.05) is 44.2 Å². The van der Waals surface area contributed by atoms with E-state index in [9.17, 15) is 9.59 Å². The first-order chi connectivity index (χ1) is 9.89. The third kappa shape index (κ3) is 7.97. The Hall–Kier alpha value is -2.04. The maximum Gasteiger partial charge on any atom is 0.314 e. The van der Waals surface area contributed by atoms with Crippen LogP contribution < -0.4 is 10.6 Å². The molecule has 0 aromatic heterocycles. The average Bonchev–Trinajstić information content (AvgIpc) is 2.42. The van der Waals surface area contributed by atoms with Crippen LogP contribution in [0.25, 0.3) is 0 Å². The van der Waals surface area contributed by atoms with E-state index in [0.29, 0.717) is 19.5 Å². The van der Waals surface area contributed by atoms with E-state index in [1.165, 1.54) is 5.56 Å². The summed E-state index contributed by atoms with van der Waals surface area (Å²) < 4.78 is 0. The van der Waals surface area contributed by atoms with Crippen molar-refractivity contribution >= 4 is 12.0 Å². The lowest BCUT2D eigenvalue weighted by molar-refractivity contribution is -0.137. The van der Waals surface area contributed by atoms with Crippen molar-refractivity contribution < 1.29 is 14.7 Å². The highest BCUT2D eigenvalue weighted by atomic mass is 16.4. The van der Waals surface area contributed by atoms with Crippen molar-refractivity contribution in [2.24, 2.45) is 5.41 Å². The minimum atomic E-state index is -0.846. The molecule has 5 heteroatoms. The molecule has 1 aromatic carbocycles. The number of amides is 2. The van der Waals surface area contributed by atoms with Crippen LogP contribution in [0, 0.1) is 5.41 Å². The van der Waals surface area contributed by atoms with Gasteiger partial charge in [0.2, 0.25) is 0 Å². The maximum atomic E-state index is 11.6. The molecular weight excluding hydrogens is 268 g/mol. The summed E-state index contributed by atoms with van der Waals surface area (Å²) in [5.41, 5.74) is 1.20. The lowest BCUT2D eigenvalue weighted by Crippen LogP contribution is -2.41. The third-order valence-corrected chi connectivity index (χ3v) is 3.11. The molecule has 21 heavy (non-hydrogen) atoms. The molecule has 0 spiro atoms. The Bertz CT molecular complexity index is 458. The molecule has 0 radical (unpaired) electrons. The van der Waals surface area contributed by atoms with Gasteiger partial charge in [0.25, 0.3) is 0 Å². The van der Waals surface area contributed by atoms with Crippen LogP contribution in [0.15, 0.2) is 30.3 Å².